The molecule has 0 unspecified atom stereocenters. The molecule has 0 aliphatic rings. The van der Waals surface area contributed by atoms with E-state index >= 15 is 0 Å². The van der Waals surface area contributed by atoms with Gasteiger partial charge in [0.2, 0.25) is 15.9 Å². The molecule has 1 N–H and O–H groups in total. The van der Waals surface area contributed by atoms with Crippen molar-refractivity contribution in [1.82, 2.24) is 9.62 Å². The summed E-state index contributed by atoms with van der Waals surface area (Å²) in [5, 5.41) is 3.48. The molecule has 33 heavy (non-hydrogen) atoms. The first kappa shape index (κ1) is 24.8. The molecule has 0 aliphatic heterocycles. The number of hydrogen-bond donors (Lipinski definition) is 1. The molecule has 0 aromatic heterocycles. The zero-order valence-corrected chi connectivity index (χ0v) is 20.1. The fourth-order valence-corrected chi connectivity index (χ4v) is 4.83. The Kier molecular flexibility index (Phi) is 8.49. The largest absolute Gasteiger partial charge is 0.494 e. The number of halogens is 1. The Hall–Kier alpha value is -2.87. The molecule has 0 bridgehead atoms. The first-order valence-corrected chi connectivity index (χ1v) is 12.4. The van der Waals surface area contributed by atoms with Gasteiger partial charge in [-0.1, -0.05) is 54.1 Å². The molecular weight excluding hydrogens is 460 g/mol. The highest BCUT2D eigenvalue weighted by molar-refractivity contribution is 7.89. The van der Waals surface area contributed by atoms with E-state index in [1.54, 1.807) is 24.3 Å². The molecule has 0 saturated carbocycles. The molecule has 174 valence electrons. The fraction of sp³-hybridized carbons (Fsp3) is 0.240. The number of nitrogens with zero attached hydrogens (tertiary/aromatic N) is 1. The molecule has 1 amide bonds. The summed E-state index contributed by atoms with van der Waals surface area (Å²) in [6, 6.07) is 22.2. The van der Waals surface area contributed by atoms with Crippen molar-refractivity contribution in [3.63, 3.8) is 0 Å². The van der Waals surface area contributed by atoms with E-state index in [0.717, 1.165) is 11.1 Å². The van der Waals surface area contributed by atoms with Crippen LogP contribution in [-0.4, -0.2) is 31.8 Å². The Morgan fingerprint density at radius 1 is 1.00 bits per heavy atom. The van der Waals surface area contributed by atoms with E-state index in [4.69, 9.17) is 16.3 Å². The number of carbonyl (C=O) groups excluding carboxylic acids is 1. The minimum Gasteiger partial charge on any atom is -0.494 e. The number of ether oxygens (including phenoxy) is 1. The number of nitrogens with one attached hydrogen (secondary N) is 1. The molecule has 3 rings (SSSR count). The Morgan fingerprint density at radius 2 is 1.64 bits per heavy atom. The number of hydrogen-bond acceptors (Lipinski definition) is 4. The molecule has 0 saturated heterocycles. The second-order valence-electron chi connectivity index (χ2n) is 7.50. The summed E-state index contributed by atoms with van der Waals surface area (Å²) in [5.74, 6) is 0.184. The van der Waals surface area contributed by atoms with Gasteiger partial charge in [0.25, 0.3) is 0 Å². The monoisotopic (exact) mass is 486 g/mol. The zero-order chi connectivity index (χ0) is 23.8. The number of carbonyl (C=O) groups is 1. The van der Waals surface area contributed by atoms with Crippen molar-refractivity contribution in [3.05, 3.63) is 95.0 Å². The van der Waals surface area contributed by atoms with Gasteiger partial charge < -0.3 is 10.1 Å². The first-order valence-electron chi connectivity index (χ1n) is 10.6. The molecule has 8 heteroatoms. The van der Waals surface area contributed by atoms with Gasteiger partial charge >= 0.3 is 0 Å². The lowest BCUT2D eigenvalue weighted by atomic mass is 10.1. The molecule has 0 radical (unpaired) electrons. The lowest BCUT2D eigenvalue weighted by Gasteiger charge is -2.23. The van der Waals surface area contributed by atoms with Crippen LogP contribution in [0.5, 0.6) is 5.75 Å². The second-order valence-corrected chi connectivity index (χ2v) is 9.88. The number of rotatable bonds is 10. The van der Waals surface area contributed by atoms with Crippen LogP contribution >= 0.6 is 11.6 Å². The molecule has 0 heterocycles. The van der Waals surface area contributed by atoms with Crippen molar-refractivity contribution in [2.75, 3.05) is 13.2 Å². The van der Waals surface area contributed by atoms with E-state index in [-0.39, 0.29) is 24.0 Å². The smallest absolute Gasteiger partial charge is 0.243 e. The van der Waals surface area contributed by atoms with E-state index in [9.17, 15) is 13.2 Å². The maximum Gasteiger partial charge on any atom is 0.243 e. The van der Waals surface area contributed by atoms with Crippen LogP contribution < -0.4 is 10.1 Å². The fourth-order valence-electron chi connectivity index (χ4n) is 3.32. The maximum absolute atomic E-state index is 13.4. The van der Waals surface area contributed by atoms with Gasteiger partial charge in [0.15, 0.2) is 0 Å². The summed E-state index contributed by atoms with van der Waals surface area (Å²) in [7, 11) is -3.93. The number of amides is 1. The topological polar surface area (TPSA) is 75.7 Å². The average molecular weight is 487 g/mol. The lowest BCUT2D eigenvalue weighted by molar-refractivity contribution is -0.122. The Bertz CT molecular complexity index is 1150. The molecule has 0 aliphatic carbocycles. The molecule has 0 spiro atoms. The SMILES string of the molecule is CCOc1ccc(S(=O)(=O)N(CC(=O)N[C@H](C)c2ccc(Cl)cc2)Cc2ccccc2)cc1. The quantitative estimate of drug-likeness (QED) is 0.446. The van der Waals surface area contributed by atoms with Gasteiger partial charge in [0.1, 0.15) is 5.75 Å². The molecule has 1 atom stereocenters. The van der Waals surface area contributed by atoms with Crippen molar-refractivity contribution in [2.45, 2.75) is 31.3 Å². The highest BCUT2D eigenvalue weighted by atomic mass is 35.5. The number of sulfonamides is 1. The van der Waals surface area contributed by atoms with E-state index in [1.807, 2.05) is 56.3 Å². The van der Waals surface area contributed by atoms with Crippen molar-refractivity contribution in [3.8, 4) is 5.75 Å². The van der Waals surface area contributed by atoms with Crippen LogP contribution in [0.4, 0.5) is 0 Å². The summed E-state index contributed by atoms with van der Waals surface area (Å²) in [6.07, 6.45) is 0. The third-order valence-corrected chi connectivity index (χ3v) is 7.10. The Labute approximate surface area is 200 Å². The highest BCUT2D eigenvalue weighted by Gasteiger charge is 2.27. The minimum atomic E-state index is -3.93. The lowest BCUT2D eigenvalue weighted by Crippen LogP contribution is -2.41. The summed E-state index contributed by atoms with van der Waals surface area (Å²) in [4.78, 5) is 12.9. The maximum atomic E-state index is 13.4. The normalized spacial score (nSPS) is 12.4. The third kappa shape index (κ3) is 6.81. The Morgan fingerprint density at radius 3 is 2.24 bits per heavy atom. The van der Waals surface area contributed by atoms with Crippen LogP contribution in [0.15, 0.2) is 83.8 Å². The van der Waals surface area contributed by atoms with Gasteiger partial charge in [0, 0.05) is 11.6 Å². The third-order valence-electron chi connectivity index (χ3n) is 5.04. The zero-order valence-electron chi connectivity index (χ0n) is 18.6. The summed E-state index contributed by atoms with van der Waals surface area (Å²) in [6.45, 7) is 3.93. The highest BCUT2D eigenvalue weighted by Crippen LogP contribution is 2.22. The first-order chi connectivity index (χ1) is 15.8. The van der Waals surface area contributed by atoms with Gasteiger partial charge in [-0.3, -0.25) is 4.79 Å². The van der Waals surface area contributed by atoms with Crippen LogP contribution in [0, 0.1) is 0 Å². The average Bonchev–Trinajstić information content (AvgIpc) is 2.80. The van der Waals surface area contributed by atoms with Crippen LogP contribution in [0.1, 0.15) is 31.0 Å². The van der Waals surface area contributed by atoms with Gasteiger partial charge in [-0.05, 0) is 61.4 Å². The van der Waals surface area contributed by atoms with Crippen LogP contribution in [0.25, 0.3) is 0 Å². The van der Waals surface area contributed by atoms with Gasteiger partial charge in [-0.15, -0.1) is 0 Å². The van der Waals surface area contributed by atoms with Crippen LogP contribution in [-0.2, 0) is 21.4 Å². The summed E-state index contributed by atoms with van der Waals surface area (Å²) < 4.78 is 33.4. The van der Waals surface area contributed by atoms with Crippen LogP contribution in [0.3, 0.4) is 0 Å². The standard InChI is InChI=1S/C25H27ClN2O4S/c1-3-32-23-13-15-24(16-14-23)33(30,31)28(17-20-7-5-4-6-8-20)18-25(29)27-19(2)21-9-11-22(26)12-10-21/h4-16,19H,3,17-18H2,1-2H3,(H,27,29)/t19-/m1/s1. The van der Waals surface area contributed by atoms with Crippen molar-refractivity contribution in [2.24, 2.45) is 0 Å². The molecule has 0 fully saturated rings. The van der Waals surface area contributed by atoms with Crippen molar-refractivity contribution < 1.29 is 17.9 Å². The van der Waals surface area contributed by atoms with Gasteiger partial charge in [0.05, 0.1) is 24.1 Å². The summed E-state index contributed by atoms with van der Waals surface area (Å²) in [5.41, 5.74) is 1.65. The van der Waals surface area contributed by atoms with Crippen molar-refractivity contribution >= 4 is 27.5 Å². The summed E-state index contributed by atoms with van der Waals surface area (Å²) >= 11 is 5.94. The molecular formula is C25H27ClN2O4S. The molecule has 3 aromatic rings. The van der Waals surface area contributed by atoms with E-state index in [1.165, 1.54) is 16.4 Å². The van der Waals surface area contributed by atoms with Crippen LogP contribution in [0.2, 0.25) is 5.02 Å². The molecule has 3 aromatic carbocycles. The number of benzene rings is 3. The molecule has 6 nitrogen and oxygen atoms in total. The van der Waals surface area contributed by atoms with E-state index in [0.29, 0.717) is 17.4 Å². The van der Waals surface area contributed by atoms with Crippen molar-refractivity contribution in [1.29, 1.82) is 0 Å². The predicted molar refractivity (Wildman–Crippen MR) is 130 cm³/mol. The Balaban J connectivity index is 1.81. The minimum absolute atomic E-state index is 0.0686. The van der Waals surface area contributed by atoms with Gasteiger partial charge in [-0.2, -0.15) is 4.31 Å². The predicted octanol–water partition coefficient (Wildman–Crippen LogP) is 4.81. The van der Waals surface area contributed by atoms with Gasteiger partial charge in [-0.25, -0.2) is 8.42 Å². The second kappa shape index (κ2) is 11.3. The van der Waals surface area contributed by atoms with E-state index in [2.05, 4.69) is 5.32 Å². The van der Waals surface area contributed by atoms with E-state index < -0.39 is 15.9 Å².